The van der Waals surface area contributed by atoms with Gasteiger partial charge in [0.15, 0.2) is 5.78 Å². The van der Waals surface area contributed by atoms with Crippen molar-refractivity contribution in [2.24, 2.45) is 0 Å². The lowest BCUT2D eigenvalue weighted by Crippen LogP contribution is -2.00. The summed E-state index contributed by atoms with van der Waals surface area (Å²) >= 11 is 10.5. The number of carbonyl (C=O) groups excluding carboxylic acids is 1. The number of alkyl halides is 1. The fourth-order valence-corrected chi connectivity index (χ4v) is 2.85. The molecule has 1 heterocycles. The second-order valence-corrected chi connectivity index (χ2v) is 5.94. The largest absolute Gasteiger partial charge is 0.291 e. The predicted octanol–water partition coefficient (Wildman–Crippen LogP) is 4.61. The number of nitrogens with zero attached hydrogens (tertiary/aromatic N) is 1. The number of hydrogen-bond donors (Lipinski definition) is 0. The van der Waals surface area contributed by atoms with Gasteiger partial charge in [0.25, 0.3) is 0 Å². The van der Waals surface area contributed by atoms with Gasteiger partial charge in [-0.2, -0.15) is 0 Å². The van der Waals surface area contributed by atoms with Gasteiger partial charge in [-0.25, -0.2) is 4.98 Å². The Kier molecular flexibility index (Phi) is 4.20. The normalized spacial score (nSPS) is 10.7. The lowest BCUT2D eigenvalue weighted by atomic mass is 10.1. The minimum absolute atomic E-state index is 0.0262. The second-order valence-electron chi connectivity index (χ2n) is 4.02. The van der Waals surface area contributed by atoms with Crippen LogP contribution in [0.4, 0.5) is 0 Å². The number of halogens is 2. The van der Waals surface area contributed by atoms with Gasteiger partial charge in [-0.05, 0) is 37.1 Å². The number of Topliss-reactive ketones (excluding diaryl/α,β-unsaturated/α-hetero) is 1. The van der Waals surface area contributed by atoms with E-state index >= 15 is 0 Å². The molecule has 5 heteroatoms. The molecule has 1 aromatic heterocycles. The molecular formula is C13H11BrClNOS. The summed E-state index contributed by atoms with van der Waals surface area (Å²) in [7, 11) is 0. The Balaban J connectivity index is 2.43. The Labute approximate surface area is 123 Å². The molecule has 0 unspecified atom stereocenters. The minimum atomic E-state index is -0.135. The molecule has 94 valence electrons. The summed E-state index contributed by atoms with van der Waals surface area (Å²) in [5, 5.41) is 2.61. The van der Waals surface area contributed by atoms with Crippen molar-refractivity contribution in [2.75, 3.05) is 5.88 Å². The third-order valence-corrected chi connectivity index (χ3v) is 4.98. The standard InChI is InChI=1S/C13H11BrClNOS/c1-7-3-9(4-8(2)12(7)14)13-16-10(6-18-13)11(17)5-15/h3-4,6H,5H2,1-2H3. The number of aromatic nitrogens is 1. The molecule has 0 aliphatic carbocycles. The molecule has 0 N–H and O–H groups in total. The molecule has 0 saturated carbocycles. The molecule has 18 heavy (non-hydrogen) atoms. The zero-order valence-electron chi connectivity index (χ0n) is 9.96. The van der Waals surface area contributed by atoms with Crippen LogP contribution < -0.4 is 0 Å². The zero-order valence-corrected chi connectivity index (χ0v) is 13.1. The van der Waals surface area contributed by atoms with Gasteiger partial charge in [-0.15, -0.1) is 22.9 Å². The Morgan fingerprint density at radius 1 is 1.39 bits per heavy atom. The van der Waals surface area contributed by atoms with Crippen molar-refractivity contribution in [1.29, 1.82) is 0 Å². The molecule has 0 aliphatic heterocycles. The lowest BCUT2D eigenvalue weighted by molar-refractivity contribution is 0.101. The third-order valence-electron chi connectivity index (χ3n) is 2.59. The molecule has 0 fully saturated rings. The van der Waals surface area contributed by atoms with Gasteiger partial charge in [0.1, 0.15) is 10.7 Å². The van der Waals surface area contributed by atoms with Gasteiger partial charge in [0.2, 0.25) is 0 Å². The average Bonchev–Trinajstić information content (AvgIpc) is 2.84. The van der Waals surface area contributed by atoms with Gasteiger partial charge < -0.3 is 0 Å². The lowest BCUT2D eigenvalue weighted by Gasteiger charge is -2.05. The first kappa shape index (κ1) is 13.7. The molecule has 0 saturated heterocycles. The molecule has 0 spiro atoms. The molecule has 0 aliphatic rings. The maximum atomic E-state index is 11.5. The second kappa shape index (κ2) is 5.51. The summed E-state index contributed by atoms with van der Waals surface area (Å²) in [5.41, 5.74) is 3.80. The van der Waals surface area contributed by atoms with E-state index < -0.39 is 0 Å². The molecule has 2 nitrogen and oxygen atoms in total. The van der Waals surface area contributed by atoms with E-state index in [-0.39, 0.29) is 11.7 Å². The third kappa shape index (κ3) is 2.66. The molecular weight excluding hydrogens is 334 g/mol. The van der Waals surface area contributed by atoms with E-state index in [9.17, 15) is 4.79 Å². The molecule has 0 atom stereocenters. The number of benzene rings is 1. The highest BCUT2D eigenvalue weighted by Gasteiger charge is 2.12. The van der Waals surface area contributed by atoms with Crippen molar-refractivity contribution in [2.45, 2.75) is 13.8 Å². The van der Waals surface area contributed by atoms with Crippen LogP contribution in [-0.4, -0.2) is 16.6 Å². The number of ketones is 1. The number of hydrogen-bond acceptors (Lipinski definition) is 3. The fourth-order valence-electron chi connectivity index (χ4n) is 1.67. The van der Waals surface area contributed by atoms with Crippen LogP contribution >= 0.6 is 38.9 Å². The van der Waals surface area contributed by atoms with Gasteiger partial charge >= 0.3 is 0 Å². The van der Waals surface area contributed by atoms with E-state index in [4.69, 9.17) is 11.6 Å². The first-order chi connectivity index (χ1) is 8.52. The Morgan fingerprint density at radius 2 is 2.00 bits per heavy atom. The van der Waals surface area contributed by atoms with Crippen LogP contribution in [0.5, 0.6) is 0 Å². The summed E-state index contributed by atoms with van der Waals surface area (Å²) in [6, 6.07) is 4.12. The molecule has 2 rings (SSSR count). The SMILES string of the molecule is Cc1cc(-c2nc(C(=O)CCl)cs2)cc(C)c1Br. The zero-order chi connectivity index (χ0) is 13.3. The van der Waals surface area contributed by atoms with Gasteiger partial charge in [0, 0.05) is 15.4 Å². The number of thiazole rings is 1. The summed E-state index contributed by atoms with van der Waals surface area (Å²) in [6.45, 7) is 4.08. The Bertz CT molecular complexity index is 586. The van der Waals surface area contributed by atoms with Crippen molar-refractivity contribution < 1.29 is 4.79 Å². The van der Waals surface area contributed by atoms with E-state index in [0.717, 1.165) is 26.2 Å². The van der Waals surface area contributed by atoms with Crippen molar-refractivity contribution in [1.82, 2.24) is 4.98 Å². The van der Waals surface area contributed by atoms with Crippen LogP contribution in [0, 0.1) is 13.8 Å². The molecule has 0 radical (unpaired) electrons. The minimum Gasteiger partial charge on any atom is -0.291 e. The molecule has 1 aromatic carbocycles. The van der Waals surface area contributed by atoms with E-state index in [1.807, 2.05) is 13.8 Å². The van der Waals surface area contributed by atoms with Crippen LogP contribution in [0.15, 0.2) is 22.0 Å². The van der Waals surface area contributed by atoms with E-state index in [1.165, 1.54) is 11.3 Å². The topological polar surface area (TPSA) is 30.0 Å². The van der Waals surface area contributed by atoms with E-state index in [0.29, 0.717) is 5.69 Å². The fraction of sp³-hybridized carbons (Fsp3) is 0.231. The molecule has 0 bridgehead atoms. The molecule has 2 aromatic rings. The summed E-state index contributed by atoms with van der Waals surface area (Å²) < 4.78 is 1.11. The first-order valence-electron chi connectivity index (χ1n) is 5.34. The van der Waals surface area contributed by atoms with Crippen LogP contribution in [0.1, 0.15) is 21.6 Å². The Hall–Kier alpha value is -0.710. The molecule has 0 amide bonds. The highest BCUT2D eigenvalue weighted by Crippen LogP contribution is 2.30. The maximum absolute atomic E-state index is 11.5. The quantitative estimate of drug-likeness (QED) is 0.601. The maximum Gasteiger partial charge on any atom is 0.196 e. The summed E-state index contributed by atoms with van der Waals surface area (Å²) in [6.07, 6.45) is 0. The monoisotopic (exact) mass is 343 g/mol. The summed E-state index contributed by atoms with van der Waals surface area (Å²) in [5.74, 6) is -0.161. The highest BCUT2D eigenvalue weighted by molar-refractivity contribution is 9.10. The van der Waals surface area contributed by atoms with Crippen molar-refractivity contribution in [3.63, 3.8) is 0 Å². The van der Waals surface area contributed by atoms with Crippen molar-refractivity contribution in [3.8, 4) is 10.6 Å². The van der Waals surface area contributed by atoms with Gasteiger partial charge in [0.05, 0.1) is 5.88 Å². The first-order valence-corrected chi connectivity index (χ1v) is 7.55. The van der Waals surface area contributed by atoms with Crippen molar-refractivity contribution >= 4 is 44.7 Å². The van der Waals surface area contributed by atoms with Crippen LogP contribution in [0.3, 0.4) is 0 Å². The van der Waals surface area contributed by atoms with E-state index in [2.05, 4.69) is 33.0 Å². The number of carbonyl (C=O) groups is 1. The van der Waals surface area contributed by atoms with Crippen molar-refractivity contribution in [3.05, 3.63) is 38.8 Å². The number of rotatable bonds is 3. The van der Waals surface area contributed by atoms with Gasteiger partial charge in [-0.3, -0.25) is 4.79 Å². The van der Waals surface area contributed by atoms with Crippen LogP contribution in [0.25, 0.3) is 10.6 Å². The van der Waals surface area contributed by atoms with Crippen LogP contribution in [0.2, 0.25) is 0 Å². The summed E-state index contributed by atoms with van der Waals surface area (Å²) in [4.78, 5) is 15.8. The Morgan fingerprint density at radius 3 is 2.56 bits per heavy atom. The van der Waals surface area contributed by atoms with Gasteiger partial charge in [-0.1, -0.05) is 15.9 Å². The number of aryl methyl sites for hydroxylation is 2. The smallest absolute Gasteiger partial charge is 0.196 e. The average molecular weight is 345 g/mol. The van der Waals surface area contributed by atoms with Crippen LogP contribution in [-0.2, 0) is 0 Å². The predicted molar refractivity (Wildman–Crippen MR) is 79.8 cm³/mol. The van der Waals surface area contributed by atoms with E-state index in [1.54, 1.807) is 5.38 Å². The highest BCUT2D eigenvalue weighted by atomic mass is 79.9.